The molecule has 3 rings (SSSR count). The van der Waals surface area contributed by atoms with Crippen LogP contribution in [0, 0.1) is 6.92 Å². The smallest absolute Gasteiger partial charge is 0.358 e. The van der Waals surface area contributed by atoms with E-state index in [4.69, 9.17) is 4.18 Å². The molecule has 24 heavy (non-hydrogen) atoms. The molecule has 8 nitrogen and oxygen atoms in total. The maximum atomic E-state index is 12.5. The minimum atomic E-state index is -4.26. The fourth-order valence-electron chi connectivity index (χ4n) is 2.02. The van der Waals surface area contributed by atoms with Crippen molar-refractivity contribution >= 4 is 16.4 Å². The molecule has 0 aliphatic carbocycles. The molecule has 0 aliphatic heterocycles. The van der Waals surface area contributed by atoms with Gasteiger partial charge in [-0.25, -0.2) is 4.98 Å². The van der Waals surface area contributed by atoms with Gasteiger partial charge in [0.2, 0.25) is 5.03 Å². The SMILES string of the molecule is Cc1ccc(OS(=O)(=O)c2cnnn2-c2ccccc2)c(C=O)n1. The molecule has 9 heteroatoms. The Kier molecular flexibility index (Phi) is 4.09. The minimum Gasteiger partial charge on any atom is -0.375 e. The van der Waals surface area contributed by atoms with Crippen molar-refractivity contribution in [1.82, 2.24) is 20.0 Å². The zero-order valence-electron chi connectivity index (χ0n) is 12.5. The lowest BCUT2D eigenvalue weighted by molar-refractivity contribution is 0.111. The number of carbonyl (C=O) groups is 1. The van der Waals surface area contributed by atoms with Crippen LogP contribution < -0.4 is 4.18 Å². The van der Waals surface area contributed by atoms with Crippen molar-refractivity contribution in [3.05, 3.63) is 60.0 Å². The molecule has 2 heterocycles. The highest BCUT2D eigenvalue weighted by molar-refractivity contribution is 7.87. The third kappa shape index (κ3) is 3.01. The molecule has 0 bridgehead atoms. The van der Waals surface area contributed by atoms with Crippen molar-refractivity contribution in [2.45, 2.75) is 11.9 Å². The summed E-state index contributed by atoms with van der Waals surface area (Å²) in [6.45, 7) is 1.68. The van der Waals surface area contributed by atoms with Crippen LogP contribution in [0.5, 0.6) is 5.75 Å². The van der Waals surface area contributed by atoms with Gasteiger partial charge in [-0.1, -0.05) is 23.4 Å². The van der Waals surface area contributed by atoms with Gasteiger partial charge in [0.15, 0.2) is 12.0 Å². The summed E-state index contributed by atoms with van der Waals surface area (Å²) in [7, 11) is -4.26. The maximum absolute atomic E-state index is 12.5. The van der Waals surface area contributed by atoms with E-state index in [1.54, 1.807) is 43.3 Å². The van der Waals surface area contributed by atoms with Gasteiger partial charge in [-0.2, -0.15) is 13.1 Å². The number of nitrogens with zero attached hydrogens (tertiary/aromatic N) is 4. The molecule has 3 aromatic rings. The summed E-state index contributed by atoms with van der Waals surface area (Å²) in [5.74, 6) is -0.156. The number of rotatable bonds is 5. The molecule has 0 N–H and O–H groups in total. The van der Waals surface area contributed by atoms with E-state index >= 15 is 0 Å². The second kappa shape index (κ2) is 6.20. The summed E-state index contributed by atoms with van der Waals surface area (Å²) in [6.07, 6.45) is 1.51. The number of aryl methyl sites for hydroxylation is 1. The van der Waals surface area contributed by atoms with Crippen LogP contribution in [-0.2, 0) is 10.1 Å². The molecule has 0 saturated carbocycles. The first-order valence-corrected chi connectivity index (χ1v) is 8.25. The molecule has 1 aromatic carbocycles. The lowest BCUT2D eigenvalue weighted by atomic mass is 10.3. The molecule has 0 unspecified atom stereocenters. The predicted octanol–water partition coefficient (Wildman–Crippen LogP) is 1.55. The zero-order chi connectivity index (χ0) is 17.2. The average molecular weight is 344 g/mol. The maximum Gasteiger partial charge on any atom is 0.358 e. The van der Waals surface area contributed by atoms with Crippen molar-refractivity contribution < 1.29 is 17.4 Å². The van der Waals surface area contributed by atoms with Gasteiger partial charge in [-0.3, -0.25) is 4.79 Å². The molecule has 0 amide bonds. The standard InChI is InChI=1S/C15H12N4O4S/c1-11-7-8-14(13(10-20)17-11)23-24(21,22)15-9-16-18-19(15)12-5-3-2-4-6-12/h2-10H,1H3. The van der Waals surface area contributed by atoms with Gasteiger partial charge in [-0.15, -0.1) is 5.10 Å². The highest BCUT2D eigenvalue weighted by atomic mass is 32.2. The number of para-hydroxylation sites is 1. The molecular formula is C15H12N4O4S. The van der Waals surface area contributed by atoms with Crippen molar-refractivity contribution in [2.75, 3.05) is 0 Å². The van der Waals surface area contributed by atoms with Crippen LogP contribution in [0.15, 0.2) is 53.7 Å². The molecular weight excluding hydrogens is 332 g/mol. The van der Waals surface area contributed by atoms with Crippen LogP contribution in [0.2, 0.25) is 0 Å². The normalized spacial score (nSPS) is 11.2. The van der Waals surface area contributed by atoms with E-state index in [-0.39, 0.29) is 16.5 Å². The molecule has 0 fully saturated rings. The summed E-state index contributed by atoms with van der Waals surface area (Å²) in [4.78, 5) is 15.0. The monoisotopic (exact) mass is 344 g/mol. The number of aldehydes is 1. The Bertz CT molecular complexity index is 984. The van der Waals surface area contributed by atoms with Gasteiger partial charge in [0.1, 0.15) is 5.69 Å². The Morgan fingerprint density at radius 1 is 1.12 bits per heavy atom. The van der Waals surface area contributed by atoms with E-state index in [1.807, 2.05) is 0 Å². The Hall–Kier alpha value is -3.07. The van der Waals surface area contributed by atoms with Crippen molar-refractivity contribution in [3.63, 3.8) is 0 Å². The number of aromatic nitrogens is 4. The first kappa shape index (κ1) is 15.8. The zero-order valence-corrected chi connectivity index (χ0v) is 13.3. The average Bonchev–Trinajstić information content (AvgIpc) is 3.08. The lowest BCUT2D eigenvalue weighted by Crippen LogP contribution is -2.16. The van der Waals surface area contributed by atoms with Crippen molar-refractivity contribution in [1.29, 1.82) is 0 Å². The second-order valence-electron chi connectivity index (χ2n) is 4.81. The quantitative estimate of drug-likeness (QED) is 0.511. The number of hydrogen-bond acceptors (Lipinski definition) is 7. The summed E-state index contributed by atoms with van der Waals surface area (Å²) < 4.78 is 31.3. The number of pyridine rings is 1. The fourth-order valence-corrected chi connectivity index (χ4v) is 3.02. The fraction of sp³-hybridized carbons (Fsp3) is 0.0667. The van der Waals surface area contributed by atoms with Gasteiger partial charge in [-0.05, 0) is 31.2 Å². The van der Waals surface area contributed by atoms with E-state index in [0.717, 1.165) is 10.9 Å². The summed E-state index contributed by atoms with van der Waals surface area (Å²) in [5, 5.41) is 7.15. The second-order valence-corrected chi connectivity index (χ2v) is 6.30. The Balaban J connectivity index is 2.02. The predicted molar refractivity (Wildman–Crippen MR) is 83.5 cm³/mol. The molecule has 0 aliphatic rings. The summed E-state index contributed by atoms with van der Waals surface area (Å²) >= 11 is 0. The Labute approximate surface area is 137 Å². The van der Waals surface area contributed by atoms with Crippen LogP contribution in [0.25, 0.3) is 5.69 Å². The summed E-state index contributed by atoms with van der Waals surface area (Å²) in [6, 6.07) is 11.5. The highest BCUT2D eigenvalue weighted by Crippen LogP contribution is 2.22. The van der Waals surface area contributed by atoms with E-state index in [9.17, 15) is 13.2 Å². The van der Waals surface area contributed by atoms with Gasteiger partial charge >= 0.3 is 10.1 Å². The van der Waals surface area contributed by atoms with Crippen molar-refractivity contribution in [3.8, 4) is 11.4 Å². The molecule has 0 spiro atoms. The first-order chi connectivity index (χ1) is 11.5. The first-order valence-electron chi connectivity index (χ1n) is 6.85. The van der Waals surface area contributed by atoms with Crippen LogP contribution >= 0.6 is 0 Å². The summed E-state index contributed by atoms with van der Waals surface area (Å²) in [5.41, 5.74) is 0.977. The Morgan fingerprint density at radius 3 is 2.58 bits per heavy atom. The van der Waals surface area contributed by atoms with E-state index in [1.165, 1.54) is 6.07 Å². The third-order valence-corrected chi connectivity index (χ3v) is 4.30. The topological polar surface area (TPSA) is 104 Å². The molecule has 2 aromatic heterocycles. The number of benzene rings is 1. The van der Waals surface area contributed by atoms with Crippen LogP contribution in [0.3, 0.4) is 0 Å². The molecule has 0 radical (unpaired) electrons. The van der Waals surface area contributed by atoms with E-state index in [2.05, 4.69) is 15.3 Å². The molecule has 122 valence electrons. The van der Waals surface area contributed by atoms with Crippen LogP contribution in [-0.4, -0.2) is 34.7 Å². The van der Waals surface area contributed by atoms with Gasteiger partial charge < -0.3 is 4.18 Å². The van der Waals surface area contributed by atoms with Gasteiger partial charge in [0.25, 0.3) is 0 Å². The minimum absolute atomic E-state index is 0.0997. The number of carbonyl (C=O) groups excluding carboxylic acids is 1. The third-order valence-electron chi connectivity index (χ3n) is 3.11. The lowest BCUT2D eigenvalue weighted by Gasteiger charge is -2.09. The number of hydrogen-bond donors (Lipinski definition) is 0. The van der Waals surface area contributed by atoms with Crippen LogP contribution in [0.4, 0.5) is 0 Å². The highest BCUT2D eigenvalue weighted by Gasteiger charge is 2.25. The molecule has 0 atom stereocenters. The van der Waals surface area contributed by atoms with E-state index < -0.39 is 10.1 Å². The van der Waals surface area contributed by atoms with Crippen molar-refractivity contribution in [2.24, 2.45) is 0 Å². The Morgan fingerprint density at radius 2 is 1.88 bits per heavy atom. The van der Waals surface area contributed by atoms with Crippen LogP contribution in [0.1, 0.15) is 16.2 Å². The van der Waals surface area contributed by atoms with E-state index in [0.29, 0.717) is 17.7 Å². The largest absolute Gasteiger partial charge is 0.375 e. The van der Waals surface area contributed by atoms with Gasteiger partial charge in [0.05, 0.1) is 11.9 Å². The molecule has 0 saturated heterocycles. The van der Waals surface area contributed by atoms with Gasteiger partial charge in [0, 0.05) is 5.69 Å².